The Hall–Kier alpha value is -6.83. The predicted octanol–water partition coefficient (Wildman–Crippen LogP) is 7.71. The molecule has 2 aromatic heterocycles. The number of nitro benzene ring substituents is 1. The van der Waals surface area contributed by atoms with Crippen molar-refractivity contribution in [2.24, 2.45) is 7.05 Å². The van der Waals surface area contributed by atoms with E-state index in [4.69, 9.17) is 23.7 Å². The summed E-state index contributed by atoms with van der Waals surface area (Å²) in [6.07, 6.45) is 3.29. The third-order valence-corrected chi connectivity index (χ3v) is 13.1. The summed E-state index contributed by atoms with van der Waals surface area (Å²) in [4.78, 5) is 83.7. The number of methoxy groups -OCH3 is 1. The van der Waals surface area contributed by atoms with Crippen molar-refractivity contribution in [1.29, 1.82) is 0 Å². The van der Waals surface area contributed by atoms with E-state index in [2.05, 4.69) is 5.32 Å². The Labute approximate surface area is 390 Å². The number of rotatable bonds is 16. The maximum atomic E-state index is 14.4. The highest BCUT2D eigenvalue weighted by molar-refractivity contribution is 7.20. The molecule has 0 saturated carbocycles. The molecule has 3 unspecified atom stereocenters. The van der Waals surface area contributed by atoms with E-state index in [1.807, 2.05) is 24.3 Å². The van der Waals surface area contributed by atoms with Gasteiger partial charge >= 0.3 is 6.09 Å². The van der Waals surface area contributed by atoms with Crippen LogP contribution in [0.2, 0.25) is 0 Å². The molecule has 5 heterocycles. The number of ketones is 1. The first-order chi connectivity index (χ1) is 32.3. The topological polar surface area (TPSA) is 201 Å². The number of nitrogens with zero attached hydrogens (tertiary/aromatic N) is 5. The van der Waals surface area contributed by atoms with Crippen LogP contribution in [-0.2, 0) is 39.1 Å². The third-order valence-electron chi connectivity index (χ3n) is 12.0. The Morgan fingerprint density at radius 2 is 1.76 bits per heavy atom. The number of hydrogen-bond acceptors (Lipinski definition) is 13. The first-order valence-electron chi connectivity index (χ1n) is 22.1. The monoisotopic (exact) mass is 936 g/mol. The zero-order valence-corrected chi connectivity index (χ0v) is 38.5. The van der Waals surface area contributed by atoms with Crippen LogP contribution in [0.1, 0.15) is 86.5 Å². The van der Waals surface area contributed by atoms with Gasteiger partial charge in [-0.2, -0.15) is 0 Å². The highest BCUT2D eigenvalue weighted by Gasteiger charge is 2.48. The van der Waals surface area contributed by atoms with Crippen LogP contribution >= 0.6 is 11.3 Å². The van der Waals surface area contributed by atoms with E-state index >= 15 is 0 Å². The number of aryl methyl sites for hydroxylation is 1. The number of nitro groups is 1. The minimum absolute atomic E-state index is 0.0574. The standard InChI is InChI=1S/C48H52N6O12S/c1-50(2)46(58)41-23-31-21-30(14-17-40(31)67-41)22-37(55)32-24-42(51(3)27-32)49-43(56)10-8-20-63-39-26-36-34(25-38(39)62-4)45(57)52-18-7-9-35(52)47(66-44-11-5-6-19-64-44)53(36)48(59)65-28-29-12-15-33(16-13-29)54(60)61/h12-17,21,23-27,35,44,47H,5-11,18-20,22,28H2,1-4H3,(H,49,56). The highest BCUT2D eigenvalue weighted by atomic mass is 32.1. The van der Waals surface area contributed by atoms with Crippen LogP contribution in [0.5, 0.6) is 11.5 Å². The molecule has 3 aliphatic rings. The van der Waals surface area contributed by atoms with Gasteiger partial charge in [-0.1, -0.05) is 6.07 Å². The summed E-state index contributed by atoms with van der Waals surface area (Å²) in [6, 6.07) is 17.4. The molecule has 67 heavy (non-hydrogen) atoms. The van der Waals surface area contributed by atoms with Crippen LogP contribution < -0.4 is 19.7 Å². The quantitative estimate of drug-likeness (QED) is 0.0438. The van der Waals surface area contributed by atoms with Gasteiger partial charge in [-0.05, 0) is 97.5 Å². The maximum absolute atomic E-state index is 14.4. The average Bonchev–Trinajstić information content (AvgIpc) is 4.07. The van der Waals surface area contributed by atoms with E-state index < -0.39 is 29.6 Å². The lowest BCUT2D eigenvalue weighted by Crippen LogP contribution is -2.54. The van der Waals surface area contributed by atoms with Crippen molar-refractivity contribution >= 4 is 68.2 Å². The molecule has 19 heteroatoms. The molecule has 3 aromatic carbocycles. The van der Waals surface area contributed by atoms with Gasteiger partial charge in [-0.15, -0.1) is 11.3 Å². The molecule has 1 N–H and O–H groups in total. The van der Waals surface area contributed by atoms with Crippen molar-refractivity contribution < 1.29 is 52.6 Å². The zero-order valence-electron chi connectivity index (χ0n) is 37.7. The second kappa shape index (κ2) is 20.4. The van der Waals surface area contributed by atoms with Gasteiger partial charge in [0.1, 0.15) is 12.4 Å². The van der Waals surface area contributed by atoms with E-state index in [9.17, 15) is 34.1 Å². The normalized spacial score (nSPS) is 17.9. The number of nitrogens with one attached hydrogen (secondary N) is 1. The van der Waals surface area contributed by atoms with Gasteiger partial charge in [-0.3, -0.25) is 29.3 Å². The van der Waals surface area contributed by atoms with Gasteiger partial charge in [0.25, 0.3) is 17.5 Å². The van der Waals surface area contributed by atoms with Crippen LogP contribution in [0.25, 0.3) is 10.1 Å². The van der Waals surface area contributed by atoms with E-state index in [0.717, 1.165) is 28.5 Å². The number of ether oxygens (including phenoxy) is 5. The van der Waals surface area contributed by atoms with Gasteiger partial charge < -0.3 is 43.4 Å². The SMILES string of the molecule is COc1cc2c(cc1OCCCC(=O)Nc1cc(C(=O)Cc3ccc4sc(C(=O)N(C)C)cc4c3)cn1C)N(C(=O)OCc1ccc([N+](=O)[O-])cc1)C(OC1CCCCO1)C1CCCN1C2=O. The number of hydrogen-bond donors (Lipinski definition) is 1. The van der Waals surface area contributed by atoms with E-state index in [1.54, 1.807) is 48.9 Å². The van der Waals surface area contributed by atoms with Gasteiger partial charge in [-0.25, -0.2) is 9.69 Å². The second-order valence-electron chi connectivity index (χ2n) is 16.9. The molecule has 0 aliphatic carbocycles. The second-order valence-corrected chi connectivity index (χ2v) is 18.0. The molecule has 352 valence electrons. The van der Waals surface area contributed by atoms with Crippen LogP contribution in [-0.4, -0.2) is 108 Å². The fourth-order valence-electron chi connectivity index (χ4n) is 8.53. The summed E-state index contributed by atoms with van der Waals surface area (Å²) >= 11 is 1.41. The first-order valence-corrected chi connectivity index (χ1v) is 22.9. The van der Waals surface area contributed by atoms with Crippen molar-refractivity contribution in [2.45, 2.75) is 76.5 Å². The lowest BCUT2D eigenvalue weighted by atomic mass is 10.0. The molecule has 4 amide bonds. The number of thiophene rings is 1. The first kappa shape index (κ1) is 46.7. The molecule has 18 nitrogen and oxygen atoms in total. The van der Waals surface area contributed by atoms with Gasteiger partial charge in [0.05, 0.1) is 40.8 Å². The summed E-state index contributed by atoms with van der Waals surface area (Å²) in [7, 11) is 6.59. The number of carbonyl (C=O) groups is 5. The van der Waals surface area contributed by atoms with E-state index in [-0.39, 0.29) is 84.4 Å². The van der Waals surface area contributed by atoms with Gasteiger partial charge in [0.15, 0.2) is 29.8 Å². The molecule has 8 rings (SSSR count). The number of fused-ring (bicyclic) bond motifs is 3. The number of benzene rings is 3. The Morgan fingerprint density at radius 3 is 2.49 bits per heavy atom. The molecule has 2 saturated heterocycles. The molecule has 0 spiro atoms. The molecular formula is C48H52N6O12S. The minimum atomic E-state index is -0.997. The highest BCUT2D eigenvalue weighted by Crippen LogP contribution is 2.43. The van der Waals surface area contributed by atoms with Gasteiger partial charge in [0.2, 0.25) is 5.91 Å². The van der Waals surface area contributed by atoms with Crippen LogP contribution in [0.3, 0.4) is 0 Å². The number of anilines is 2. The lowest BCUT2D eigenvalue weighted by molar-refractivity contribution is -0.384. The smallest absolute Gasteiger partial charge is 0.416 e. The van der Waals surface area contributed by atoms with Crippen LogP contribution in [0.15, 0.2) is 72.9 Å². The zero-order chi connectivity index (χ0) is 47.4. The summed E-state index contributed by atoms with van der Waals surface area (Å²) < 4.78 is 32.9. The fourth-order valence-corrected chi connectivity index (χ4v) is 9.60. The largest absolute Gasteiger partial charge is 0.493 e. The van der Waals surface area contributed by atoms with Crippen molar-refractivity contribution in [3.8, 4) is 11.5 Å². The lowest BCUT2D eigenvalue weighted by Gasteiger charge is -2.38. The maximum Gasteiger partial charge on any atom is 0.416 e. The van der Waals surface area contributed by atoms with Crippen LogP contribution in [0.4, 0.5) is 22.0 Å². The summed E-state index contributed by atoms with van der Waals surface area (Å²) in [5.41, 5.74) is 2.01. The van der Waals surface area contributed by atoms with E-state index in [1.165, 1.54) is 58.6 Å². The summed E-state index contributed by atoms with van der Waals surface area (Å²) in [5.74, 6) is 0.0712. The molecular weight excluding hydrogens is 885 g/mol. The number of aromatic nitrogens is 1. The average molecular weight is 937 g/mol. The molecule has 3 atom stereocenters. The Balaban J connectivity index is 0.947. The van der Waals surface area contributed by atoms with Crippen molar-refractivity contribution in [3.05, 3.63) is 110 Å². The molecule has 0 bridgehead atoms. The molecule has 3 aliphatic heterocycles. The Bertz CT molecular complexity index is 2690. The predicted molar refractivity (Wildman–Crippen MR) is 248 cm³/mol. The number of carbonyl (C=O) groups excluding carboxylic acids is 5. The number of Topliss-reactive ketones (excluding diaryl/α,β-unsaturated/α-hetero) is 1. The minimum Gasteiger partial charge on any atom is -0.493 e. The molecule has 2 fully saturated rings. The molecule has 5 aromatic rings. The van der Waals surface area contributed by atoms with E-state index in [0.29, 0.717) is 54.2 Å². The van der Waals surface area contributed by atoms with Crippen molar-refractivity contribution in [3.63, 3.8) is 0 Å². The van der Waals surface area contributed by atoms with Crippen LogP contribution in [0, 0.1) is 10.1 Å². The molecule has 0 radical (unpaired) electrons. The van der Waals surface area contributed by atoms with Crippen molar-refractivity contribution in [1.82, 2.24) is 14.4 Å². The summed E-state index contributed by atoms with van der Waals surface area (Å²) in [5, 5.41) is 15.0. The Kier molecular flexibility index (Phi) is 14.2. The number of amides is 4. The number of non-ortho nitro benzene ring substituents is 1. The van der Waals surface area contributed by atoms with Crippen molar-refractivity contribution in [2.75, 3.05) is 51.2 Å². The fraction of sp³-hybridized carbons (Fsp3) is 0.396. The third kappa shape index (κ3) is 10.4. The Morgan fingerprint density at radius 1 is 0.970 bits per heavy atom. The summed E-state index contributed by atoms with van der Waals surface area (Å²) in [6.45, 7) is 0.777. The van der Waals surface area contributed by atoms with Gasteiger partial charge in [0, 0.05) is 81.8 Å².